The molecule has 0 radical (unpaired) electrons. The predicted molar refractivity (Wildman–Crippen MR) is 259 cm³/mol. The average molecular weight is 1010 g/mol. The number of hydrogen-bond donors (Lipinski definition) is 12. The summed E-state index contributed by atoms with van der Waals surface area (Å²) in [4.78, 5) is 13.1. The van der Waals surface area contributed by atoms with Gasteiger partial charge in [-0.15, -0.1) is 0 Å². The largest absolute Gasteiger partial charge is 0.394 e. The summed E-state index contributed by atoms with van der Waals surface area (Å²) in [5, 5.41) is 119. The number of rotatable bonds is 37. The van der Waals surface area contributed by atoms with Gasteiger partial charge in [-0.2, -0.15) is 0 Å². The first kappa shape index (κ1) is 62.6. The number of unbranched alkanes of at least 4 members (excludes halogenated alkanes) is 19. The summed E-state index contributed by atoms with van der Waals surface area (Å²) in [6, 6.07) is -0.982. The molecule has 17 unspecified atom stereocenters. The number of aliphatic hydroxyl groups is 11. The highest BCUT2D eigenvalue weighted by molar-refractivity contribution is 5.76. The molecule has 0 aromatic heterocycles. The van der Waals surface area contributed by atoms with Crippen molar-refractivity contribution < 1.29 is 89.4 Å². The van der Waals surface area contributed by atoms with Gasteiger partial charge in [0.2, 0.25) is 5.91 Å². The highest BCUT2D eigenvalue weighted by Crippen LogP contribution is 2.33. The fraction of sp³-hybridized carbons (Fsp3) is 0.902. The molecule has 3 fully saturated rings. The molecule has 3 rings (SSSR count). The molecule has 3 aliphatic rings. The van der Waals surface area contributed by atoms with Crippen molar-refractivity contribution in [2.75, 3.05) is 26.4 Å². The Hall–Kier alpha value is -1.73. The molecule has 3 saturated heterocycles. The van der Waals surface area contributed by atoms with Crippen molar-refractivity contribution in [2.24, 2.45) is 0 Å². The van der Waals surface area contributed by atoms with Crippen LogP contribution in [0.3, 0.4) is 0 Å². The molecule has 410 valence electrons. The van der Waals surface area contributed by atoms with E-state index in [0.29, 0.717) is 12.8 Å². The summed E-state index contributed by atoms with van der Waals surface area (Å²) in [6.45, 7) is 1.63. The van der Waals surface area contributed by atoms with Gasteiger partial charge in [0.25, 0.3) is 0 Å². The molecular weight excluding hydrogens is 915 g/mol. The number of allylic oxidation sites excluding steroid dienone is 3. The van der Waals surface area contributed by atoms with Gasteiger partial charge in [0.05, 0.1) is 38.6 Å². The van der Waals surface area contributed by atoms with E-state index in [1.54, 1.807) is 6.08 Å². The van der Waals surface area contributed by atoms with Gasteiger partial charge in [0, 0.05) is 6.42 Å². The number of carbonyl (C=O) groups excluding carboxylic acids is 1. The Morgan fingerprint density at radius 2 is 0.914 bits per heavy atom. The molecule has 0 aromatic carbocycles. The van der Waals surface area contributed by atoms with Crippen LogP contribution in [0.1, 0.15) is 162 Å². The monoisotopic (exact) mass is 1010 g/mol. The number of nitrogens with one attached hydrogen (secondary N) is 1. The number of carbonyl (C=O) groups is 1. The van der Waals surface area contributed by atoms with E-state index in [0.717, 1.165) is 44.9 Å². The minimum absolute atomic E-state index is 0.236. The van der Waals surface area contributed by atoms with Crippen LogP contribution in [0, 0.1) is 0 Å². The molecule has 17 atom stereocenters. The van der Waals surface area contributed by atoms with Gasteiger partial charge in [-0.25, -0.2) is 0 Å². The summed E-state index contributed by atoms with van der Waals surface area (Å²) in [6.07, 6.45) is 6.32. The molecule has 3 heterocycles. The minimum Gasteiger partial charge on any atom is -0.394 e. The van der Waals surface area contributed by atoms with E-state index in [9.17, 15) is 61.0 Å². The lowest BCUT2D eigenvalue weighted by atomic mass is 9.96. The van der Waals surface area contributed by atoms with E-state index in [1.807, 2.05) is 6.08 Å². The van der Waals surface area contributed by atoms with Crippen molar-refractivity contribution in [3.05, 3.63) is 24.3 Å². The van der Waals surface area contributed by atoms with Crippen molar-refractivity contribution in [3.8, 4) is 0 Å². The number of ether oxygens (including phenoxy) is 6. The van der Waals surface area contributed by atoms with Crippen LogP contribution < -0.4 is 5.32 Å². The third-order valence-corrected chi connectivity index (χ3v) is 13.5. The molecule has 70 heavy (non-hydrogen) atoms. The van der Waals surface area contributed by atoms with Crippen molar-refractivity contribution in [1.29, 1.82) is 0 Å². The topological polar surface area (TPSA) is 307 Å². The van der Waals surface area contributed by atoms with Gasteiger partial charge < -0.3 is 89.9 Å². The van der Waals surface area contributed by atoms with Crippen molar-refractivity contribution >= 4 is 5.91 Å². The lowest BCUT2D eigenvalue weighted by Crippen LogP contribution is -2.66. The highest BCUT2D eigenvalue weighted by atomic mass is 16.8. The molecule has 12 N–H and O–H groups in total. The van der Waals surface area contributed by atoms with Crippen LogP contribution in [0.15, 0.2) is 24.3 Å². The lowest BCUT2D eigenvalue weighted by Gasteiger charge is -2.48. The van der Waals surface area contributed by atoms with Gasteiger partial charge in [-0.1, -0.05) is 147 Å². The van der Waals surface area contributed by atoms with Crippen molar-refractivity contribution in [3.63, 3.8) is 0 Å². The highest BCUT2D eigenvalue weighted by Gasteiger charge is 2.53. The smallest absolute Gasteiger partial charge is 0.220 e. The van der Waals surface area contributed by atoms with Crippen LogP contribution in [-0.2, 0) is 33.2 Å². The fourth-order valence-electron chi connectivity index (χ4n) is 9.03. The quantitative estimate of drug-likeness (QED) is 0.0314. The first-order valence-electron chi connectivity index (χ1n) is 26.6. The van der Waals surface area contributed by atoms with Gasteiger partial charge in [0.1, 0.15) is 73.2 Å². The van der Waals surface area contributed by atoms with Crippen LogP contribution in [0.4, 0.5) is 0 Å². The Morgan fingerprint density at radius 1 is 0.500 bits per heavy atom. The molecule has 1 amide bonds. The summed E-state index contributed by atoms with van der Waals surface area (Å²) in [5.74, 6) is -0.292. The van der Waals surface area contributed by atoms with Crippen LogP contribution in [0.25, 0.3) is 0 Å². The summed E-state index contributed by atoms with van der Waals surface area (Å²) < 4.78 is 34.1. The van der Waals surface area contributed by atoms with E-state index in [2.05, 4.69) is 31.3 Å². The summed E-state index contributed by atoms with van der Waals surface area (Å²) in [5.41, 5.74) is 0. The van der Waals surface area contributed by atoms with Gasteiger partial charge in [-0.3, -0.25) is 4.79 Å². The van der Waals surface area contributed by atoms with Crippen LogP contribution in [0.2, 0.25) is 0 Å². The maximum Gasteiger partial charge on any atom is 0.220 e. The van der Waals surface area contributed by atoms with Crippen LogP contribution in [-0.4, -0.2) is 193 Å². The maximum absolute atomic E-state index is 13.1. The third-order valence-electron chi connectivity index (χ3n) is 13.5. The molecule has 0 spiro atoms. The van der Waals surface area contributed by atoms with Gasteiger partial charge >= 0.3 is 0 Å². The third kappa shape index (κ3) is 21.6. The zero-order valence-electron chi connectivity index (χ0n) is 42.0. The second-order valence-corrected chi connectivity index (χ2v) is 19.3. The van der Waals surface area contributed by atoms with E-state index >= 15 is 0 Å². The second-order valence-electron chi connectivity index (χ2n) is 19.3. The maximum atomic E-state index is 13.1. The van der Waals surface area contributed by atoms with E-state index in [4.69, 9.17) is 28.4 Å². The van der Waals surface area contributed by atoms with Gasteiger partial charge in [-0.05, 0) is 32.1 Å². The van der Waals surface area contributed by atoms with Crippen LogP contribution >= 0.6 is 0 Å². The average Bonchev–Trinajstić information content (AvgIpc) is 3.35. The number of amides is 1. The Balaban J connectivity index is 1.55. The van der Waals surface area contributed by atoms with E-state index in [-0.39, 0.29) is 18.9 Å². The van der Waals surface area contributed by atoms with E-state index < -0.39 is 124 Å². The molecule has 3 aliphatic heterocycles. The summed E-state index contributed by atoms with van der Waals surface area (Å²) in [7, 11) is 0. The van der Waals surface area contributed by atoms with Crippen LogP contribution in [0.5, 0.6) is 0 Å². The number of aliphatic hydroxyl groups excluding tert-OH is 11. The van der Waals surface area contributed by atoms with Crippen molar-refractivity contribution in [1.82, 2.24) is 5.32 Å². The molecule has 19 heteroatoms. The van der Waals surface area contributed by atoms with E-state index in [1.165, 1.54) is 83.5 Å². The SMILES string of the molecule is CCCCCCCCCCCCC/C=C/CC/C=C/C(O)C(COC1OC(CO)C(OC2OC(CO)C(OC3OC(CO)C(O)C(O)C3O)C(O)C2O)C(O)C1O)NC(=O)CCCCCCCCCC. The minimum atomic E-state index is -1.98. The first-order chi connectivity index (χ1) is 33.8. The standard InChI is InChI=1S/C51H93NO18/c1-3-5-7-9-11-13-14-15-16-17-18-19-20-21-22-24-26-28-35(56)34(52-39(57)29-27-25-23-12-10-8-6-4-2)33-65-49-45(63)42(60)47(37(31-54)67-49)70-51-46(64)43(61)48(38(32-55)68-51)69-50-44(62)41(59)40(58)36(30-53)66-50/h20-21,26,28,34-38,40-51,53-56,58-64H,3-19,22-25,27,29-33H2,1-2H3,(H,52,57)/b21-20+,28-26+. The molecule has 0 bridgehead atoms. The fourth-order valence-corrected chi connectivity index (χ4v) is 9.03. The van der Waals surface area contributed by atoms with Crippen molar-refractivity contribution in [2.45, 2.75) is 266 Å². The van der Waals surface area contributed by atoms with Gasteiger partial charge in [0.15, 0.2) is 18.9 Å². The predicted octanol–water partition coefficient (Wildman–Crippen LogP) is 2.42. The molecule has 19 nitrogen and oxygen atoms in total. The molecule has 0 aliphatic carbocycles. The summed E-state index contributed by atoms with van der Waals surface area (Å²) >= 11 is 0. The number of hydrogen-bond acceptors (Lipinski definition) is 18. The Kier molecular flexibility index (Phi) is 32.4. The second kappa shape index (κ2) is 36.3. The zero-order valence-corrected chi connectivity index (χ0v) is 42.0. The normalized spacial score (nSPS) is 32.7. The molecular formula is C51H93NO18. The Labute approximate surface area is 416 Å². The first-order valence-corrected chi connectivity index (χ1v) is 26.6. The Morgan fingerprint density at radius 3 is 1.43 bits per heavy atom. The Bertz CT molecular complexity index is 1390. The lowest BCUT2D eigenvalue weighted by molar-refractivity contribution is -0.379. The zero-order chi connectivity index (χ0) is 51.3. The molecule has 0 aromatic rings. The molecule has 0 saturated carbocycles.